The van der Waals surface area contributed by atoms with Crippen LogP contribution in [0.2, 0.25) is 0 Å². The van der Waals surface area contributed by atoms with Crippen LogP contribution in [-0.4, -0.2) is 28.6 Å². The van der Waals surface area contributed by atoms with E-state index in [1.807, 2.05) is 0 Å². The normalized spacial score (nSPS) is 15.2. The van der Waals surface area contributed by atoms with E-state index >= 15 is 0 Å². The van der Waals surface area contributed by atoms with Crippen LogP contribution in [0.3, 0.4) is 0 Å². The highest BCUT2D eigenvalue weighted by Gasteiger charge is 2.45. The van der Waals surface area contributed by atoms with Crippen LogP contribution in [0.15, 0.2) is 57.7 Å². The molecule has 4 aromatic rings. The van der Waals surface area contributed by atoms with Crippen molar-refractivity contribution in [1.82, 2.24) is 4.98 Å². The van der Waals surface area contributed by atoms with E-state index < -0.39 is 17.9 Å². The standard InChI is InChI=1S/C24H18N2O6S/c1-3-31-23(30)21-12(2)25-24(33-21)26-18(13-8-10-14(27)11-9-13)17-19(28)15-6-4-5-7-16(15)32-20(17)22(26)29/h4-11,18,27H,3H2,1-2H3/t18-/m1/s1. The predicted molar refractivity (Wildman–Crippen MR) is 122 cm³/mol. The maximum absolute atomic E-state index is 13.6. The lowest BCUT2D eigenvalue weighted by atomic mass is 9.98. The second-order valence-corrected chi connectivity index (χ2v) is 8.45. The maximum Gasteiger partial charge on any atom is 0.350 e. The monoisotopic (exact) mass is 462 g/mol. The van der Waals surface area contributed by atoms with E-state index in [1.165, 1.54) is 17.0 Å². The molecule has 9 heteroatoms. The van der Waals surface area contributed by atoms with E-state index in [0.717, 1.165) is 11.3 Å². The van der Waals surface area contributed by atoms with Gasteiger partial charge in [0.1, 0.15) is 16.2 Å². The van der Waals surface area contributed by atoms with Crippen molar-refractivity contribution in [2.75, 3.05) is 11.5 Å². The molecule has 0 fully saturated rings. The number of amides is 1. The first-order valence-corrected chi connectivity index (χ1v) is 11.0. The molecule has 1 atom stereocenters. The van der Waals surface area contributed by atoms with Crippen LogP contribution in [0.5, 0.6) is 5.75 Å². The Morgan fingerprint density at radius 1 is 1.18 bits per heavy atom. The molecule has 1 amide bonds. The molecule has 2 aromatic carbocycles. The molecule has 5 rings (SSSR count). The second-order valence-electron chi connectivity index (χ2n) is 7.47. The fourth-order valence-electron chi connectivity index (χ4n) is 3.96. The minimum Gasteiger partial charge on any atom is -0.508 e. The van der Waals surface area contributed by atoms with Gasteiger partial charge in [-0.2, -0.15) is 0 Å². The van der Waals surface area contributed by atoms with Gasteiger partial charge >= 0.3 is 5.97 Å². The SMILES string of the molecule is CCOC(=O)c1sc(N2C(=O)c3oc4ccccc4c(=O)c3[C@H]2c2ccc(O)cc2)nc1C. The summed E-state index contributed by atoms with van der Waals surface area (Å²) >= 11 is 1.02. The molecule has 1 aliphatic rings. The van der Waals surface area contributed by atoms with E-state index in [4.69, 9.17) is 9.15 Å². The molecule has 0 aliphatic carbocycles. The average Bonchev–Trinajstić information content (AvgIpc) is 3.32. The van der Waals surface area contributed by atoms with Crippen molar-refractivity contribution >= 4 is 39.3 Å². The Morgan fingerprint density at radius 3 is 2.64 bits per heavy atom. The molecule has 0 saturated carbocycles. The largest absolute Gasteiger partial charge is 0.508 e. The number of rotatable bonds is 4. The summed E-state index contributed by atoms with van der Waals surface area (Å²) in [7, 11) is 0. The molecule has 0 spiro atoms. The second kappa shape index (κ2) is 7.86. The van der Waals surface area contributed by atoms with Gasteiger partial charge in [-0.1, -0.05) is 35.6 Å². The lowest BCUT2D eigenvalue weighted by Crippen LogP contribution is -2.29. The number of thiazole rings is 1. The van der Waals surface area contributed by atoms with Crippen molar-refractivity contribution in [3.63, 3.8) is 0 Å². The molecule has 0 saturated heterocycles. The van der Waals surface area contributed by atoms with Crippen LogP contribution < -0.4 is 10.3 Å². The Morgan fingerprint density at radius 2 is 1.91 bits per heavy atom. The zero-order chi connectivity index (χ0) is 23.3. The third kappa shape index (κ3) is 3.28. The van der Waals surface area contributed by atoms with E-state index in [-0.39, 0.29) is 39.1 Å². The number of phenols is 1. The molecule has 33 heavy (non-hydrogen) atoms. The van der Waals surface area contributed by atoms with E-state index in [9.17, 15) is 19.5 Å². The lowest BCUT2D eigenvalue weighted by Gasteiger charge is -2.22. The lowest BCUT2D eigenvalue weighted by molar-refractivity contribution is 0.0531. The quantitative estimate of drug-likeness (QED) is 0.453. The highest BCUT2D eigenvalue weighted by Crippen LogP contribution is 2.43. The first kappa shape index (κ1) is 20.9. The number of ether oxygens (including phenoxy) is 1. The molecule has 3 heterocycles. The van der Waals surface area contributed by atoms with Crippen molar-refractivity contribution < 1.29 is 23.8 Å². The number of anilines is 1. The summed E-state index contributed by atoms with van der Waals surface area (Å²) in [5.41, 5.74) is 1.19. The first-order valence-electron chi connectivity index (χ1n) is 10.2. The summed E-state index contributed by atoms with van der Waals surface area (Å²) in [6.45, 7) is 3.58. The van der Waals surface area contributed by atoms with Crippen LogP contribution in [0.25, 0.3) is 11.0 Å². The molecule has 8 nitrogen and oxygen atoms in total. The Balaban J connectivity index is 1.74. The van der Waals surface area contributed by atoms with Gasteiger partial charge in [-0.3, -0.25) is 14.5 Å². The van der Waals surface area contributed by atoms with E-state index in [2.05, 4.69) is 4.98 Å². The molecular weight excluding hydrogens is 444 g/mol. The van der Waals surface area contributed by atoms with Gasteiger partial charge in [-0.25, -0.2) is 9.78 Å². The molecule has 1 aliphatic heterocycles. The molecule has 0 radical (unpaired) electrons. The van der Waals surface area contributed by atoms with Crippen molar-refractivity contribution in [2.24, 2.45) is 0 Å². The van der Waals surface area contributed by atoms with Crippen molar-refractivity contribution in [3.8, 4) is 5.75 Å². The summed E-state index contributed by atoms with van der Waals surface area (Å²) < 4.78 is 11.0. The maximum atomic E-state index is 13.6. The number of aryl methyl sites for hydroxylation is 1. The average molecular weight is 462 g/mol. The highest BCUT2D eigenvalue weighted by molar-refractivity contribution is 7.17. The number of hydrogen-bond acceptors (Lipinski definition) is 8. The predicted octanol–water partition coefficient (Wildman–Crippen LogP) is 4.19. The zero-order valence-electron chi connectivity index (χ0n) is 17.7. The van der Waals surface area contributed by atoms with Crippen LogP contribution in [0.1, 0.15) is 50.0 Å². The van der Waals surface area contributed by atoms with E-state index in [0.29, 0.717) is 22.2 Å². The highest BCUT2D eigenvalue weighted by atomic mass is 32.1. The van der Waals surface area contributed by atoms with Gasteiger partial charge in [0.25, 0.3) is 5.91 Å². The number of esters is 1. The topological polar surface area (TPSA) is 110 Å². The third-order valence-corrected chi connectivity index (χ3v) is 6.58. The minimum absolute atomic E-state index is 0.0510. The number of aromatic hydroxyl groups is 1. The van der Waals surface area contributed by atoms with Gasteiger partial charge in [-0.05, 0) is 43.7 Å². The summed E-state index contributed by atoms with van der Waals surface area (Å²) in [6.07, 6.45) is 0. The number of para-hydroxylation sites is 1. The van der Waals surface area contributed by atoms with Gasteiger partial charge in [0.05, 0.1) is 29.3 Å². The zero-order valence-corrected chi connectivity index (χ0v) is 18.5. The first-order chi connectivity index (χ1) is 15.9. The van der Waals surface area contributed by atoms with Crippen LogP contribution >= 0.6 is 11.3 Å². The van der Waals surface area contributed by atoms with Crippen molar-refractivity contribution in [3.05, 3.63) is 86.2 Å². The van der Waals surface area contributed by atoms with Gasteiger partial charge in [0.2, 0.25) is 5.76 Å². The Hall–Kier alpha value is -3.98. The minimum atomic E-state index is -0.838. The number of phenolic OH excluding ortho intramolecular Hbond substituents is 1. The Kier molecular flexibility index (Phi) is 4.98. The summed E-state index contributed by atoms with van der Waals surface area (Å²) in [5.74, 6) is -1.07. The van der Waals surface area contributed by atoms with Crippen molar-refractivity contribution in [2.45, 2.75) is 19.9 Å². The molecule has 0 unspecified atom stereocenters. The summed E-state index contributed by atoms with van der Waals surface area (Å²) in [6, 6.07) is 12.1. The Bertz CT molecular complexity index is 1470. The fraction of sp³-hybridized carbons (Fsp3) is 0.167. The van der Waals surface area contributed by atoms with Crippen LogP contribution in [0.4, 0.5) is 5.13 Å². The smallest absolute Gasteiger partial charge is 0.350 e. The van der Waals surface area contributed by atoms with Crippen molar-refractivity contribution in [1.29, 1.82) is 0 Å². The number of benzene rings is 2. The summed E-state index contributed by atoms with van der Waals surface area (Å²) in [4.78, 5) is 45.5. The van der Waals surface area contributed by atoms with Gasteiger partial charge in [0, 0.05) is 0 Å². The van der Waals surface area contributed by atoms with Gasteiger partial charge in [-0.15, -0.1) is 0 Å². The number of hydrogen-bond donors (Lipinski definition) is 1. The van der Waals surface area contributed by atoms with E-state index in [1.54, 1.807) is 50.2 Å². The fourth-order valence-corrected chi connectivity index (χ4v) is 4.95. The third-order valence-electron chi connectivity index (χ3n) is 5.44. The number of aromatic nitrogens is 1. The molecule has 0 bridgehead atoms. The molecule has 2 aromatic heterocycles. The molecule has 166 valence electrons. The van der Waals surface area contributed by atoms with Gasteiger partial charge in [0.15, 0.2) is 10.6 Å². The number of nitrogens with zero attached hydrogens (tertiary/aromatic N) is 2. The van der Waals surface area contributed by atoms with Gasteiger partial charge < -0.3 is 14.3 Å². The molecular formula is C24H18N2O6S. The number of fused-ring (bicyclic) bond motifs is 2. The summed E-state index contributed by atoms with van der Waals surface area (Å²) in [5, 5.41) is 10.4. The van der Waals surface area contributed by atoms with Crippen LogP contribution in [-0.2, 0) is 4.74 Å². The number of carbonyl (C=O) groups is 2. The van der Waals surface area contributed by atoms with Crippen LogP contribution in [0, 0.1) is 6.92 Å². The molecule has 1 N–H and O–H groups in total. The number of carbonyl (C=O) groups excluding carboxylic acids is 2. The Labute approximate surface area is 191 Å².